The minimum atomic E-state index is -0.781. The summed E-state index contributed by atoms with van der Waals surface area (Å²) >= 11 is 0. The van der Waals surface area contributed by atoms with Crippen molar-refractivity contribution < 1.29 is 28.6 Å². The van der Waals surface area contributed by atoms with Crippen LogP contribution in [0, 0.1) is 0 Å². The Morgan fingerprint density at radius 2 is 0.705 bits per heavy atom. The van der Waals surface area contributed by atoms with Gasteiger partial charge in [0, 0.05) is 19.3 Å². The zero-order valence-corrected chi connectivity index (χ0v) is 40.2. The number of ether oxygens (including phenoxy) is 3. The average Bonchev–Trinajstić information content (AvgIpc) is 3.26. The number of rotatable bonds is 46. The van der Waals surface area contributed by atoms with Gasteiger partial charge in [0.2, 0.25) is 0 Å². The topological polar surface area (TPSA) is 78.9 Å². The number of allylic oxidation sites excluding steroid dienone is 10. The van der Waals surface area contributed by atoms with Gasteiger partial charge in [-0.25, -0.2) is 0 Å². The van der Waals surface area contributed by atoms with Crippen molar-refractivity contribution in [2.24, 2.45) is 0 Å². The van der Waals surface area contributed by atoms with Crippen LogP contribution in [0.2, 0.25) is 0 Å². The molecule has 1 unspecified atom stereocenters. The van der Waals surface area contributed by atoms with Crippen LogP contribution in [0.4, 0.5) is 0 Å². The standard InChI is InChI=1S/C55H96O6/c1-4-7-10-13-16-19-22-24-26-27-29-30-33-36-39-42-45-48-54(57)60-51-52(50-59-53(56)47-44-41-38-35-32-21-18-15-12-9-6-3)61-55(58)49-46-43-40-37-34-31-28-25-23-20-17-14-11-8-5-2/h8,11,14,16-17,19-20,23-24,26,52H,4-7,9-10,12-13,15,18,21-22,25,27-51H2,1-3H3/b11-8-,17-14-,19-16-,23-20-,26-24-. The molecule has 0 fully saturated rings. The van der Waals surface area contributed by atoms with Crippen molar-refractivity contribution in [3.05, 3.63) is 60.8 Å². The van der Waals surface area contributed by atoms with E-state index < -0.39 is 6.10 Å². The van der Waals surface area contributed by atoms with Crippen molar-refractivity contribution in [1.29, 1.82) is 0 Å². The highest BCUT2D eigenvalue weighted by Gasteiger charge is 2.19. The normalized spacial score (nSPS) is 12.5. The lowest BCUT2D eigenvalue weighted by molar-refractivity contribution is -0.167. The summed E-state index contributed by atoms with van der Waals surface area (Å²) in [5, 5.41) is 0. The van der Waals surface area contributed by atoms with Crippen molar-refractivity contribution >= 4 is 17.9 Å². The Labute approximate surface area is 377 Å². The first-order chi connectivity index (χ1) is 30.0. The molecule has 61 heavy (non-hydrogen) atoms. The smallest absolute Gasteiger partial charge is 0.306 e. The van der Waals surface area contributed by atoms with Crippen LogP contribution in [-0.2, 0) is 28.6 Å². The van der Waals surface area contributed by atoms with E-state index in [4.69, 9.17) is 14.2 Å². The zero-order chi connectivity index (χ0) is 44.4. The molecule has 0 saturated heterocycles. The zero-order valence-electron chi connectivity index (χ0n) is 40.2. The van der Waals surface area contributed by atoms with E-state index >= 15 is 0 Å². The monoisotopic (exact) mass is 853 g/mol. The maximum absolute atomic E-state index is 12.8. The van der Waals surface area contributed by atoms with Crippen LogP contribution < -0.4 is 0 Å². The van der Waals surface area contributed by atoms with E-state index in [-0.39, 0.29) is 31.1 Å². The van der Waals surface area contributed by atoms with Crippen LogP contribution in [0.1, 0.15) is 252 Å². The molecule has 6 heteroatoms. The first-order valence-corrected chi connectivity index (χ1v) is 25.8. The Balaban J connectivity index is 4.38. The fourth-order valence-corrected chi connectivity index (χ4v) is 7.18. The van der Waals surface area contributed by atoms with Gasteiger partial charge >= 0.3 is 17.9 Å². The van der Waals surface area contributed by atoms with Crippen molar-refractivity contribution in [3.8, 4) is 0 Å². The van der Waals surface area contributed by atoms with Crippen LogP contribution in [-0.4, -0.2) is 37.2 Å². The molecule has 0 aliphatic rings. The molecular weight excluding hydrogens is 757 g/mol. The predicted octanol–water partition coefficient (Wildman–Crippen LogP) is 16.9. The van der Waals surface area contributed by atoms with Gasteiger partial charge in [0.05, 0.1) is 0 Å². The SMILES string of the molecule is CC\C=C/C=C\C=C/CCCCCCCCCC(=O)OC(COC(=O)CCCCCCCCC/C=C\C/C=C\CCCCC)COC(=O)CCCCCCCCCCCCC. The fraction of sp³-hybridized carbons (Fsp3) is 0.764. The predicted molar refractivity (Wildman–Crippen MR) is 261 cm³/mol. The lowest BCUT2D eigenvalue weighted by Gasteiger charge is -2.18. The highest BCUT2D eigenvalue weighted by molar-refractivity contribution is 5.71. The summed E-state index contributed by atoms with van der Waals surface area (Å²) in [6.45, 7) is 6.47. The van der Waals surface area contributed by atoms with Crippen LogP contribution in [0.15, 0.2) is 60.8 Å². The van der Waals surface area contributed by atoms with Crippen molar-refractivity contribution in [2.75, 3.05) is 13.2 Å². The third kappa shape index (κ3) is 48.0. The second-order valence-electron chi connectivity index (χ2n) is 17.1. The molecule has 0 heterocycles. The number of hydrogen-bond donors (Lipinski definition) is 0. The van der Waals surface area contributed by atoms with Gasteiger partial charge in [-0.05, 0) is 70.6 Å². The van der Waals surface area contributed by atoms with E-state index in [0.717, 1.165) is 83.5 Å². The molecular formula is C55H96O6. The number of unbranched alkanes of at least 4 members (excludes halogenated alkanes) is 27. The van der Waals surface area contributed by atoms with E-state index in [1.165, 1.54) is 128 Å². The van der Waals surface area contributed by atoms with Crippen LogP contribution in [0.25, 0.3) is 0 Å². The lowest BCUT2D eigenvalue weighted by atomic mass is 10.1. The Morgan fingerprint density at radius 3 is 1.15 bits per heavy atom. The third-order valence-electron chi connectivity index (χ3n) is 11.1. The molecule has 0 aromatic rings. The van der Waals surface area contributed by atoms with Crippen molar-refractivity contribution in [2.45, 2.75) is 258 Å². The second-order valence-corrected chi connectivity index (χ2v) is 17.1. The summed E-state index contributed by atoms with van der Waals surface area (Å²) in [7, 11) is 0. The van der Waals surface area contributed by atoms with Gasteiger partial charge in [-0.2, -0.15) is 0 Å². The molecule has 0 radical (unpaired) electrons. The molecule has 0 amide bonds. The molecule has 0 rings (SSSR count). The molecule has 0 spiro atoms. The summed E-state index contributed by atoms with van der Waals surface area (Å²) in [5.74, 6) is -0.896. The average molecular weight is 853 g/mol. The van der Waals surface area contributed by atoms with Gasteiger partial charge in [-0.15, -0.1) is 0 Å². The number of carbonyl (C=O) groups is 3. The first-order valence-electron chi connectivity index (χ1n) is 25.8. The highest BCUT2D eigenvalue weighted by Crippen LogP contribution is 2.15. The van der Waals surface area contributed by atoms with Crippen molar-refractivity contribution in [3.63, 3.8) is 0 Å². The van der Waals surface area contributed by atoms with E-state index in [1.54, 1.807) is 0 Å². The Bertz CT molecular complexity index is 1120. The molecule has 0 aromatic carbocycles. The molecule has 0 aromatic heterocycles. The molecule has 0 aliphatic heterocycles. The second kappa shape index (κ2) is 49.8. The Kier molecular flexibility index (Phi) is 47.4. The highest BCUT2D eigenvalue weighted by atomic mass is 16.6. The number of esters is 3. The minimum absolute atomic E-state index is 0.0801. The summed E-state index contributed by atoms with van der Waals surface area (Å²) < 4.78 is 16.8. The molecule has 0 saturated carbocycles. The lowest BCUT2D eigenvalue weighted by Crippen LogP contribution is -2.30. The molecule has 6 nitrogen and oxygen atoms in total. The summed E-state index contributed by atoms with van der Waals surface area (Å²) in [5.41, 5.74) is 0. The first kappa shape index (κ1) is 58.1. The Hall–Kier alpha value is -2.89. The largest absolute Gasteiger partial charge is 0.462 e. The van der Waals surface area contributed by atoms with Gasteiger partial charge in [-0.1, -0.05) is 223 Å². The van der Waals surface area contributed by atoms with Crippen LogP contribution >= 0.6 is 0 Å². The minimum Gasteiger partial charge on any atom is -0.462 e. The maximum Gasteiger partial charge on any atom is 0.306 e. The number of carbonyl (C=O) groups excluding carboxylic acids is 3. The van der Waals surface area contributed by atoms with Gasteiger partial charge in [0.1, 0.15) is 13.2 Å². The summed E-state index contributed by atoms with van der Waals surface area (Å²) in [6, 6.07) is 0. The summed E-state index contributed by atoms with van der Waals surface area (Å²) in [6.07, 6.45) is 60.5. The molecule has 0 N–H and O–H groups in total. The molecule has 0 aliphatic carbocycles. The molecule has 352 valence electrons. The van der Waals surface area contributed by atoms with Gasteiger partial charge in [-0.3, -0.25) is 14.4 Å². The van der Waals surface area contributed by atoms with E-state index in [1.807, 2.05) is 0 Å². The van der Waals surface area contributed by atoms with Gasteiger partial charge < -0.3 is 14.2 Å². The van der Waals surface area contributed by atoms with Crippen LogP contribution in [0.5, 0.6) is 0 Å². The molecule has 1 atom stereocenters. The van der Waals surface area contributed by atoms with E-state index in [9.17, 15) is 14.4 Å². The van der Waals surface area contributed by atoms with E-state index in [2.05, 4.69) is 81.5 Å². The maximum atomic E-state index is 12.8. The van der Waals surface area contributed by atoms with Crippen molar-refractivity contribution in [1.82, 2.24) is 0 Å². The van der Waals surface area contributed by atoms with Gasteiger partial charge in [0.25, 0.3) is 0 Å². The van der Waals surface area contributed by atoms with Gasteiger partial charge in [0.15, 0.2) is 6.10 Å². The van der Waals surface area contributed by atoms with Crippen LogP contribution in [0.3, 0.4) is 0 Å². The number of hydrogen-bond acceptors (Lipinski definition) is 6. The van der Waals surface area contributed by atoms with E-state index in [0.29, 0.717) is 19.3 Å². The molecule has 0 bridgehead atoms. The fourth-order valence-electron chi connectivity index (χ4n) is 7.18. The summed E-state index contributed by atoms with van der Waals surface area (Å²) in [4.78, 5) is 37.9. The third-order valence-corrected chi connectivity index (χ3v) is 11.1. The Morgan fingerprint density at radius 1 is 0.361 bits per heavy atom. The quantitative estimate of drug-likeness (QED) is 0.0200.